The molecule has 0 radical (unpaired) electrons. The van der Waals surface area contributed by atoms with Crippen molar-refractivity contribution in [2.75, 3.05) is 10.5 Å². The predicted molar refractivity (Wildman–Crippen MR) is 90.0 cm³/mol. The number of benzene rings is 2. The summed E-state index contributed by atoms with van der Waals surface area (Å²) in [6.07, 6.45) is 0. The average Bonchev–Trinajstić information content (AvgIpc) is 2.37. The van der Waals surface area contributed by atoms with Crippen molar-refractivity contribution >= 4 is 37.3 Å². The van der Waals surface area contributed by atoms with Crippen LogP contribution in [-0.2, 0) is 10.0 Å². The molecule has 2 rings (SSSR count). The molecule has 0 unspecified atom stereocenters. The van der Waals surface area contributed by atoms with Gasteiger partial charge in [-0.25, -0.2) is 8.42 Å². The summed E-state index contributed by atoms with van der Waals surface area (Å²) in [5.74, 6) is 0. The molecular formula is C15H17BrN2O2S. The monoisotopic (exact) mass is 368 g/mol. The van der Waals surface area contributed by atoms with E-state index in [1.165, 1.54) is 6.07 Å². The number of nitrogen functional groups attached to an aromatic ring is 1. The highest BCUT2D eigenvalue weighted by Gasteiger charge is 2.19. The lowest BCUT2D eigenvalue weighted by atomic mass is 10.1. The van der Waals surface area contributed by atoms with Gasteiger partial charge in [0.2, 0.25) is 0 Å². The molecule has 4 nitrogen and oxygen atoms in total. The molecule has 2 aromatic rings. The molecular weight excluding hydrogens is 352 g/mol. The van der Waals surface area contributed by atoms with Gasteiger partial charge < -0.3 is 5.73 Å². The number of rotatable bonds is 3. The molecule has 0 fully saturated rings. The Morgan fingerprint density at radius 2 is 1.71 bits per heavy atom. The maximum atomic E-state index is 12.6. The minimum Gasteiger partial charge on any atom is -0.398 e. The summed E-state index contributed by atoms with van der Waals surface area (Å²) in [4.78, 5) is 0.184. The van der Waals surface area contributed by atoms with Crippen molar-refractivity contribution in [3.05, 3.63) is 51.5 Å². The molecule has 112 valence electrons. The van der Waals surface area contributed by atoms with Crippen LogP contribution in [0.5, 0.6) is 0 Å². The lowest BCUT2D eigenvalue weighted by Crippen LogP contribution is -2.15. The van der Waals surface area contributed by atoms with E-state index >= 15 is 0 Å². The molecule has 0 aliphatic carbocycles. The first-order valence-corrected chi connectivity index (χ1v) is 8.64. The van der Waals surface area contributed by atoms with Gasteiger partial charge >= 0.3 is 0 Å². The van der Waals surface area contributed by atoms with E-state index in [4.69, 9.17) is 5.73 Å². The number of anilines is 2. The van der Waals surface area contributed by atoms with Crippen LogP contribution in [0, 0.1) is 20.8 Å². The van der Waals surface area contributed by atoms with Crippen molar-refractivity contribution in [2.45, 2.75) is 25.7 Å². The Kier molecular flexibility index (Phi) is 4.30. The Morgan fingerprint density at radius 3 is 2.38 bits per heavy atom. The van der Waals surface area contributed by atoms with E-state index in [0.717, 1.165) is 11.1 Å². The number of hydrogen-bond donors (Lipinski definition) is 2. The van der Waals surface area contributed by atoms with Crippen molar-refractivity contribution in [1.82, 2.24) is 0 Å². The normalized spacial score (nSPS) is 11.4. The van der Waals surface area contributed by atoms with Crippen LogP contribution in [0.25, 0.3) is 0 Å². The zero-order valence-electron chi connectivity index (χ0n) is 12.1. The van der Waals surface area contributed by atoms with E-state index in [9.17, 15) is 8.42 Å². The zero-order chi connectivity index (χ0) is 15.8. The van der Waals surface area contributed by atoms with Crippen LogP contribution < -0.4 is 10.5 Å². The van der Waals surface area contributed by atoms with Gasteiger partial charge in [-0.1, -0.05) is 12.1 Å². The fourth-order valence-corrected chi connectivity index (χ4v) is 3.85. The summed E-state index contributed by atoms with van der Waals surface area (Å²) in [5, 5.41) is 0. The molecule has 0 bridgehead atoms. The van der Waals surface area contributed by atoms with Crippen LogP contribution in [0.1, 0.15) is 16.7 Å². The minimum absolute atomic E-state index is 0.184. The van der Waals surface area contributed by atoms with Gasteiger partial charge in [-0.05, 0) is 71.6 Å². The van der Waals surface area contributed by atoms with E-state index in [-0.39, 0.29) is 4.90 Å². The molecule has 0 atom stereocenters. The first kappa shape index (κ1) is 15.9. The molecule has 0 amide bonds. The molecule has 3 N–H and O–H groups in total. The van der Waals surface area contributed by atoms with Crippen LogP contribution in [0.15, 0.2) is 39.7 Å². The quantitative estimate of drug-likeness (QED) is 0.810. The summed E-state index contributed by atoms with van der Waals surface area (Å²) in [6, 6.07) is 8.80. The van der Waals surface area contributed by atoms with Gasteiger partial charge in [0, 0.05) is 10.2 Å². The Labute approximate surface area is 133 Å². The van der Waals surface area contributed by atoms with Crippen LogP contribution >= 0.6 is 15.9 Å². The van der Waals surface area contributed by atoms with Crippen molar-refractivity contribution in [3.63, 3.8) is 0 Å². The molecule has 0 aliphatic rings. The highest BCUT2D eigenvalue weighted by molar-refractivity contribution is 9.10. The Balaban J connectivity index is 2.48. The van der Waals surface area contributed by atoms with Crippen molar-refractivity contribution < 1.29 is 8.42 Å². The molecule has 0 saturated heterocycles. The first-order valence-electron chi connectivity index (χ1n) is 6.36. The SMILES string of the molecule is Cc1ccc(C)c(NS(=O)(=O)c2cc(N)c(Br)cc2C)c1. The smallest absolute Gasteiger partial charge is 0.262 e. The third kappa shape index (κ3) is 3.39. The Hall–Kier alpha value is -1.53. The van der Waals surface area contributed by atoms with Crippen LogP contribution in [0.4, 0.5) is 11.4 Å². The molecule has 0 aliphatic heterocycles. The van der Waals surface area contributed by atoms with Gasteiger partial charge in [0.25, 0.3) is 10.0 Å². The highest BCUT2D eigenvalue weighted by atomic mass is 79.9. The summed E-state index contributed by atoms with van der Waals surface area (Å²) in [6.45, 7) is 5.52. The summed E-state index contributed by atoms with van der Waals surface area (Å²) in [5.41, 5.74) is 9.26. The molecule has 0 aromatic heterocycles. The van der Waals surface area contributed by atoms with E-state index in [1.54, 1.807) is 13.0 Å². The van der Waals surface area contributed by atoms with Gasteiger partial charge in [-0.15, -0.1) is 0 Å². The molecule has 0 saturated carbocycles. The van der Waals surface area contributed by atoms with Crippen LogP contribution in [0.2, 0.25) is 0 Å². The standard InChI is InChI=1S/C15H17BrN2O2S/c1-9-4-5-10(2)14(6-9)18-21(19,20)15-8-13(17)12(16)7-11(15)3/h4-8,18H,17H2,1-3H3. The van der Waals surface area contributed by atoms with Gasteiger partial charge in [0.1, 0.15) is 0 Å². The van der Waals surface area contributed by atoms with Crippen molar-refractivity contribution in [3.8, 4) is 0 Å². The molecule has 0 spiro atoms. The first-order chi connectivity index (χ1) is 9.70. The topological polar surface area (TPSA) is 72.2 Å². The predicted octanol–water partition coefficient (Wildman–Crippen LogP) is 3.76. The maximum absolute atomic E-state index is 12.6. The lowest BCUT2D eigenvalue weighted by molar-refractivity contribution is 0.600. The number of aryl methyl sites for hydroxylation is 3. The maximum Gasteiger partial charge on any atom is 0.262 e. The summed E-state index contributed by atoms with van der Waals surface area (Å²) >= 11 is 3.29. The second-order valence-corrected chi connectivity index (χ2v) is 7.57. The Morgan fingerprint density at radius 1 is 1.05 bits per heavy atom. The molecule has 2 aromatic carbocycles. The van der Waals surface area contributed by atoms with Gasteiger partial charge in [0.15, 0.2) is 0 Å². The van der Waals surface area contributed by atoms with Crippen molar-refractivity contribution in [1.29, 1.82) is 0 Å². The number of sulfonamides is 1. The fourth-order valence-electron chi connectivity index (χ4n) is 2.00. The van der Waals surface area contributed by atoms with Gasteiger partial charge in [0.05, 0.1) is 10.6 Å². The third-order valence-corrected chi connectivity index (χ3v) is 5.42. The Bertz CT molecular complexity index is 802. The third-order valence-electron chi connectivity index (χ3n) is 3.22. The van der Waals surface area contributed by atoms with E-state index < -0.39 is 10.0 Å². The number of nitrogens with two attached hydrogens (primary N) is 1. The van der Waals surface area contributed by atoms with E-state index in [2.05, 4.69) is 20.7 Å². The largest absolute Gasteiger partial charge is 0.398 e. The highest BCUT2D eigenvalue weighted by Crippen LogP contribution is 2.28. The van der Waals surface area contributed by atoms with E-state index in [1.807, 2.05) is 32.0 Å². The zero-order valence-corrected chi connectivity index (χ0v) is 14.5. The second-order valence-electron chi connectivity index (χ2n) is 5.06. The molecule has 21 heavy (non-hydrogen) atoms. The van der Waals surface area contributed by atoms with Crippen LogP contribution in [-0.4, -0.2) is 8.42 Å². The fraction of sp³-hybridized carbons (Fsp3) is 0.200. The van der Waals surface area contributed by atoms with Crippen molar-refractivity contribution in [2.24, 2.45) is 0 Å². The number of halogens is 1. The molecule has 6 heteroatoms. The van der Waals surface area contributed by atoms with Gasteiger partial charge in [-0.3, -0.25) is 4.72 Å². The second kappa shape index (κ2) is 5.69. The van der Waals surface area contributed by atoms with Gasteiger partial charge in [-0.2, -0.15) is 0 Å². The average molecular weight is 369 g/mol. The molecule has 0 heterocycles. The minimum atomic E-state index is -3.67. The van der Waals surface area contributed by atoms with Crippen LogP contribution in [0.3, 0.4) is 0 Å². The number of nitrogens with one attached hydrogen (secondary N) is 1. The van der Waals surface area contributed by atoms with E-state index in [0.29, 0.717) is 21.4 Å². The summed E-state index contributed by atoms with van der Waals surface area (Å²) in [7, 11) is -3.67. The number of hydrogen-bond acceptors (Lipinski definition) is 3. The summed E-state index contributed by atoms with van der Waals surface area (Å²) < 4.78 is 28.5. The lowest BCUT2D eigenvalue weighted by Gasteiger charge is -2.14.